The maximum absolute atomic E-state index is 5.05. The second-order valence-electron chi connectivity index (χ2n) is 9.34. The van der Waals surface area contributed by atoms with E-state index >= 15 is 0 Å². The first-order chi connectivity index (χ1) is 18.7. The summed E-state index contributed by atoms with van der Waals surface area (Å²) < 4.78 is 2.47. The Labute approximate surface area is 225 Å². The van der Waals surface area contributed by atoms with Crippen LogP contribution >= 0.6 is 11.3 Å². The van der Waals surface area contributed by atoms with Gasteiger partial charge in [0.1, 0.15) is 5.82 Å². The fourth-order valence-corrected chi connectivity index (χ4v) is 6.22. The van der Waals surface area contributed by atoms with Gasteiger partial charge in [-0.3, -0.25) is 0 Å². The lowest BCUT2D eigenvalue weighted by molar-refractivity contribution is 0.993. The second-order valence-corrected chi connectivity index (χ2v) is 10.4. The van der Waals surface area contributed by atoms with Crippen LogP contribution in [0.15, 0.2) is 121 Å². The molecule has 7 rings (SSSR count). The van der Waals surface area contributed by atoms with Gasteiger partial charge < -0.3 is 0 Å². The minimum atomic E-state index is 0.681. The third-order valence-electron chi connectivity index (χ3n) is 6.80. The van der Waals surface area contributed by atoms with Crippen LogP contribution in [0.3, 0.4) is 0 Å². The van der Waals surface area contributed by atoms with Crippen molar-refractivity contribution in [2.75, 3.05) is 0 Å². The van der Waals surface area contributed by atoms with Crippen LogP contribution in [0.4, 0.5) is 0 Å². The molecule has 7 aromatic rings. The molecule has 0 atom stereocenters. The molecule has 0 aliphatic rings. The maximum atomic E-state index is 5.05. The molecule has 38 heavy (non-hydrogen) atoms. The standard InChI is InChI=1S/C34H23N3S/c1-22-35-33(37-34(36-22)30-17-10-16-29-28-15-8-9-18-31(28)38-32(29)30)27-20-25(23-11-4-2-5-12-23)19-26(21-27)24-13-6-3-7-14-24/h2-21H,1H3. The van der Waals surface area contributed by atoms with Crippen LogP contribution in [0.25, 0.3) is 65.2 Å². The third-order valence-corrected chi connectivity index (χ3v) is 8.02. The van der Waals surface area contributed by atoms with E-state index in [2.05, 4.69) is 109 Å². The highest BCUT2D eigenvalue weighted by Crippen LogP contribution is 2.39. The van der Waals surface area contributed by atoms with Crippen molar-refractivity contribution in [2.45, 2.75) is 6.92 Å². The second kappa shape index (κ2) is 9.33. The fraction of sp³-hybridized carbons (Fsp3) is 0.0294. The van der Waals surface area contributed by atoms with Crippen LogP contribution in [-0.4, -0.2) is 15.0 Å². The zero-order valence-corrected chi connectivity index (χ0v) is 21.6. The highest BCUT2D eigenvalue weighted by molar-refractivity contribution is 7.26. The molecule has 0 fully saturated rings. The predicted octanol–water partition coefficient (Wildman–Crippen LogP) is 9.22. The van der Waals surface area contributed by atoms with E-state index in [-0.39, 0.29) is 0 Å². The molecule has 2 aromatic heterocycles. The summed E-state index contributed by atoms with van der Waals surface area (Å²) in [5, 5.41) is 2.50. The van der Waals surface area contributed by atoms with Crippen molar-refractivity contribution in [3.63, 3.8) is 0 Å². The number of aromatic nitrogens is 3. The van der Waals surface area contributed by atoms with Crippen LogP contribution in [0.2, 0.25) is 0 Å². The Bertz CT molecular complexity index is 1870. The number of aryl methyl sites for hydroxylation is 1. The summed E-state index contributed by atoms with van der Waals surface area (Å²) in [7, 11) is 0. The number of hydrogen-bond acceptors (Lipinski definition) is 4. The Morgan fingerprint density at radius 1 is 0.474 bits per heavy atom. The summed E-state index contributed by atoms with van der Waals surface area (Å²) in [6, 6.07) is 42.5. The van der Waals surface area contributed by atoms with Crippen molar-refractivity contribution in [1.29, 1.82) is 0 Å². The largest absolute Gasteiger partial charge is 0.213 e. The lowest BCUT2D eigenvalue weighted by Gasteiger charge is -2.12. The summed E-state index contributed by atoms with van der Waals surface area (Å²) in [6.07, 6.45) is 0. The van der Waals surface area contributed by atoms with E-state index in [1.807, 2.05) is 19.1 Å². The van der Waals surface area contributed by atoms with Crippen molar-refractivity contribution < 1.29 is 0 Å². The van der Waals surface area contributed by atoms with Gasteiger partial charge in [-0.1, -0.05) is 91.0 Å². The Hall–Kier alpha value is -4.67. The smallest absolute Gasteiger partial charge is 0.165 e. The SMILES string of the molecule is Cc1nc(-c2cc(-c3ccccc3)cc(-c3ccccc3)c2)nc(-c2cccc3c2sc2ccccc23)n1. The minimum absolute atomic E-state index is 0.681. The van der Waals surface area contributed by atoms with Crippen LogP contribution in [0, 0.1) is 6.92 Å². The van der Waals surface area contributed by atoms with E-state index < -0.39 is 0 Å². The van der Waals surface area contributed by atoms with Crippen molar-refractivity contribution >= 4 is 31.5 Å². The van der Waals surface area contributed by atoms with Gasteiger partial charge in [0.15, 0.2) is 11.6 Å². The van der Waals surface area contributed by atoms with Gasteiger partial charge in [0.25, 0.3) is 0 Å². The fourth-order valence-electron chi connectivity index (χ4n) is 5.01. The molecule has 0 amide bonds. The number of fused-ring (bicyclic) bond motifs is 3. The number of rotatable bonds is 4. The first kappa shape index (κ1) is 22.5. The van der Waals surface area contributed by atoms with Gasteiger partial charge in [0, 0.05) is 31.3 Å². The molecule has 0 aliphatic carbocycles. The van der Waals surface area contributed by atoms with E-state index in [1.165, 1.54) is 20.2 Å². The van der Waals surface area contributed by atoms with Crippen molar-refractivity contribution in [3.05, 3.63) is 127 Å². The third kappa shape index (κ3) is 4.05. The topological polar surface area (TPSA) is 38.7 Å². The molecule has 0 saturated carbocycles. The molecule has 0 bridgehead atoms. The van der Waals surface area contributed by atoms with Gasteiger partial charge in [-0.25, -0.2) is 15.0 Å². The molecule has 180 valence electrons. The quantitative estimate of drug-likeness (QED) is 0.239. The van der Waals surface area contributed by atoms with E-state index in [0.717, 1.165) is 33.4 Å². The van der Waals surface area contributed by atoms with E-state index in [4.69, 9.17) is 15.0 Å². The molecule has 0 aliphatic heterocycles. The van der Waals surface area contributed by atoms with E-state index in [9.17, 15) is 0 Å². The molecule has 0 radical (unpaired) electrons. The van der Waals surface area contributed by atoms with Crippen LogP contribution < -0.4 is 0 Å². The summed E-state index contributed by atoms with van der Waals surface area (Å²) in [5.74, 6) is 2.09. The zero-order chi connectivity index (χ0) is 25.5. The highest BCUT2D eigenvalue weighted by Gasteiger charge is 2.16. The number of hydrogen-bond donors (Lipinski definition) is 0. The van der Waals surface area contributed by atoms with Gasteiger partial charge in [-0.05, 0) is 59.5 Å². The molecule has 4 heteroatoms. The first-order valence-corrected chi connectivity index (χ1v) is 13.4. The molecule has 0 N–H and O–H groups in total. The Balaban J connectivity index is 1.43. The number of benzene rings is 5. The van der Waals surface area contributed by atoms with Gasteiger partial charge in [0.2, 0.25) is 0 Å². The summed E-state index contributed by atoms with van der Waals surface area (Å²) in [6.45, 7) is 1.94. The maximum Gasteiger partial charge on any atom is 0.165 e. The molecule has 0 saturated heterocycles. The molecular formula is C34H23N3S. The zero-order valence-electron chi connectivity index (χ0n) is 20.8. The highest BCUT2D eigenvalue weighted by atomic mass is 32.1. The molecule has 2 heterocycles. The average molecular weight is 506 g/mol. The molecular weight excluding hydrogens is 482 g/mol. The lowest BCUT2D eigenvalue weighted by atomic mass is 9.96. The van der Waals surface area contributed by atoms with Crippen LogP contribution in [-0.2, 0) is 0 Å². The average Bonchev–Trinajstić information content (AvgIpc) is 3.36. The van der Waals surface area contributed by atoms with Crippen molar-refractivity contribution in [3.8, 4) is 45.0 Å². The summed E-state index contributed by atoms with van der Waals surface area (Å²) in [4.78, 5) is 14.6. The molecule has 0 unspecified atom stereocenters. The summed E-state index contributed by atoms with van der Waals surface area (Å²) >= 11 is 1.79. The molecule has 0 spiro atoms. The Morgan fingerprint density at radius 3 is 1.76 bits per heavy atom. The monoisotopic (exact) mass is 505 g/mol. The van der Waals surface area contributed by atoms with Crippen LogP contribution in [0.5, 0.6) is 0 Å². The lowest BCUT2D eigenvalue weighted by Crippen LogP contribution is -2.00. The van der Waals surface area contributed by atoms with Crippen molar-refractivity contribution in [2.24, 2.45) is 0 Å². The Kier molecular flexibility index (Phi) is 5.53. The first-order valence-electron chi connectivity index (χ1n) is 12.6. The predicted molar refractivity (Wildman–Crippen MR) is 159 cm³/mol. The van der Waals surface area contributed by atoms with Gasteiger partial charge in [-0.15, -0.1) is 11.3 Å². The van der Waals surface area contributed by atoms with Gasteiger partial charge in [-0.2, -0.15) is 0 Å². The molecule has 3 nitrogen and oxygen atoms in total. The number of thiophene rings is 1. The minimum Gasteiger partial charge on any atom is -0.213 e. The van der Waals surface area contributed by atoms with Gasteiger partial charge in [0.05, 0.1) is 0 Å². The molecule has 5 aromatic carbocycles. The van der Waals surface area contributed by atoms with E-state index in [1.54, 1.807) is 11.3 Å². The van der Waals surface area contributed by atoms with Gasteiger partial charge >= 0.3 is 0 Å². The normalized spacial score (nSPS) is 11.3. The Morgan fingerprint density at radius 2 is 1.05 bits per heavy atom. The van der Waals surface area contributed by atoms with Crippen LogP contribution in [0.1, 0.15) is 5.82 Å². The summed E-state index contributed by atoms with van der Waals surface area (Å²) in [5.41, 5.74) is 6.60. The van der Waals surface area contributed by atoms with E-state index in [0.29, 0.717) is 17.5 Å². The number of nitrogens with zero attached hydrogens (tertiary/aromatic N) is 3. The van der Waals surface area contributed by atoms with Crippen molar-refractivity contribution in [1.82, 2.24) is 15.0 Å².